The fraction of sp³-hybridized carbons (Fsp3) is 0.0968. The summed E-state index contributed by atoms with van der Waals surface area (Å²) in [7, 11) is 0. The highest BCUT2D eigenvalue weighted by Crippen LogP contribution is 2.39. The molecule has 184 valence electrons. The van der Waals surface area contributed by atoms with Crippen molar-refractivity contribution in [2.24, 2.45) is 5.10 Å². The molecule has 0 radical (unpaired) electrons. The monoisotopic (exact) mass is 523 g/mol. The number of halogens is 1. The van der Waals surface area contributed by atoms with Gasteiger partial charge in [-0.2, -0.15) is 5.10 Å². The average molecular weight is 524 g/mol. The highest BCUT2D eigenvalue weighted by atomic mass is 35.5. The molecule has 0 aliphatic rings. The zero-order valence-corrected chi connectivity index (χ0v) is 22.2. The highest BCUT2D eigenvalue weighted by Gasteiger charge is 2.15. The molecule has 0 spiro atoms. The van der Waals surface area contributed by atoms with Crippen LogP contribution in [0.2, 0.25) is 5.02 Å². The summed E-state index contributed by atoms with van der Waals surface area (Å²) in [6, 6.07) is 32.3. The number of anilines is 1. The van der Waals surface area contributed by atoms with E-state index in [9.17, 15) is 0 Å². The second-order valence-electron chi connectivity index (χ2n) is 8.68. The fourth-order valence-corrected chi connectivity index (χ4v) is 4.96. The third-order valence-electron chi connectivity index (χ3n) is 6.05. The number of hydrogen-bond donors (Lipinski definition) is 1. The van der Waals surface area contributed by atoms with Crippen molar-refractivity contribution in [3.63, 3.8) is 0 Å². The van der Waals surface area contributed by atoms with E-state index in [1.54, 1.807) is 17.6 Å². The Kier molecular flexibility index (Phi) is 7.64. The molecule has 0 atom stereocenters. The van der Waals surface area contributed by atoms with Crippen LogP contribution in [-0.2, 0) is 6.61 Å². The van der Waals surface area contributed by atoms with E-state index in [-0.39, 0.29) is 0 Å². The highest BCUT2D eigenvalue weighted by molar-refractivity contribution is 7.19. The summed E-state index contributed by atoms with van der Waals surface area (Å²) in [4.78, 5) is 6.01. The zero-order valence-electron chi connectivity index (χ0n) is 20.6. The Morgan fingerprint density at radius 1 is 0.865 bits per heavy atom. The minimum atomic E-state index is 0.422. The van der Waals surface area contributed by atoms with Crippen molar-refractivity contribution in [2.75, 3.05) is 5.43 Å². The van der Waals surface area contributed by atoms with Gasteiger partial charge in [-0.3, -0.25) is 5.43 Å². The van der Waals surface area contributed by atoms with Crippen molar-refractivity contribution in [3.8, 4) is 27.4 Å². The van der Waals surface area contributed by atoms with Gasteiger partial charge in [-0.15, -0.1) is 0 Å². The normalized spacial score (nSPS) is 11.1. The molecular weight excluding hydrogens is 498 g/mol. The lowest BCUT2D eigenvalue weighted by Crippen LogP contribution is -1.96. The molecular formula is C31H26ClN3OS. The van der Waals surface area contributed by atoms with Crippen LogP contribution in [0.3, 0.4) is 0 Å². The molecule has 0 unspecified atom stereocenters. The van der Waals surface area contributed by atoms with E-state index in [1.165, 1.54) is 11.1 Å². The lowest BCUT2D eigenvalue weighted by Gasteiger charge is -2.07. The molecule has 0 aliphatic heterocycles. The van der Waals surface area contributed by atoms with E-state index >= 15 is 0 Å². The number of ether oxygens (including phenoxy) is 1. The first-order valence-corrected chi connectivity index (χ1v) is 13.2. The summed E-state index contributed by atoms with van der Waals surface area (Å²) >= 11 is 7.80. The molecule has 1 N–H and O–H groups in total. The molecule has 0 bridgehead atoms. The SMILES string of the molecule is Cc1ccc(-c2nc(N/N=C\c3ccc(OCc4ccccc4Cl)cc3)sc2-c2ccccc2)cc1C. The van der Waals surface area contributed by atoms with Gasteiger partial charge >= 0.3 is 0 Å². The van der Waals surface area contributed by atoms with Gasteiger partial charge in [0, 0.05) is 16.1 Å². The Morgan fingerprint density at radius 3 is 2.38 bits per heavy atom. The average Bonchev–Trinajstić information content (AvgIpc) is 3.35. The number of benzene rings is 4. The number of nitrogens with one attached hydrogen (secondary N) is 1. The second kappa shape index (κ2) is 11.4. The summed E-state index contributed by atoms with van der Waals surface area (Å²) < 4.78 is 5.86. The van der Waals surface area contributed by atoms with Crippen LogP contribution < -0.4 is 10.2 Å². The largest absolute Gasteiger partial charge is 0.489 e. The van der Waals surface area contributed by atoms with E-state index in [2.05, 4.69) is 54.7 Å². The summed E-state index contributed by atoms with van der Waals surface area (Å²) in [5, 5.41) is 5.88. The molecule has 0 saturated carbocycles. The Bertz CT molecular complexity index is 1530. The fourth-order valence-electron chi connectivity index (χ4n) is 3.83. The maximum Gasteiger partial charge on any atom is 0.204 e. The van der Waals surface area contributed by atoms with Gasteiger partial charge in [0.15, 0.2) is 0 Å². The molecule has 1 heterocycles. The molecule has 37 heavy (non-hydrogen) atoms. The minimum absolute atomic E-state index is 0.422. The van der Waals surface area contributed by atoms with Crippen LogP contribution in [-0.4, -0.2) is 11.2 Å². The van der Waals surface area contributed by atoms with Crippen molar-refractivity contribution in [1.82, 2.24) is 4.98 Å². The van der Waals surface area contributed by atoms with E-state index in [1.807, 2.05) is 66.7 Å². The summed E-state index contributed by atoms with van der Waals surface area (Å²) in [5.41, 5.74) is 10.7. The van der Waals surface area contributed by atoms with Gasteiger partial charge < -0.3 is 4.74 Å². The third kappa shape index (κ3) is 6.08. The summed E-state index contributed by atoms with van der Waals surface area (Å²) in [6.07, 6.45) is 1.77. The number of aryl methyl sites for hydroxylation is 2. The predicted octanol–water partition coefficient (Wildman–Crippen LogP) is 8.77. The first-order valence-electron chi connectivity index (χ1n) is 12.0. The predicted molar refractivity (Wildman–Crippen MR) is 156 cm³/mol. The van der Waals surface area contributed by atoms with Gasteiger partial charge in [0.05, 0.1) is 16.8 Å². The maximum absolute atomic E-state index is 6.21. The van der Waals surface area contributed by atoms with Crippen LogP contribution in [0, 0.1) is 13.8 Å². The first kappa shape index (κ1) is 24.8. The Balaban J connectivity index is 1.30. The molecule has 0 amide bonds. The smallest absolute Gasteiger partial charge is 0.204 e. The minimum Gasteiger partial charge on any atom is -0.489 e. The molecule has 0 fully saturated rings. The lowest BCUT2D eigenvalue weighted by molar-refractivity contribution is 0.306. The molecule has 5 aromatic rings. The topological polar surface area (TPSA) is 46.5 Å². The number of nitrogens with zero attached hydrogens (tertiary/aromatic N) is 2. The van der Waals surface area contributed by atoms with E-state index in [0.717, 1.165) is 43.7 Å². The molecule has 0 saturated heterocycles. The van der Waals surface area contributed by atoms with Gasteiger partial charge in [0.25, 0.3) is 0 Å². The first-order chi connectivity index (χ1) is 18.1. The van der Waals surface area contributed by atoms with Gasteiger partial charge in [0.1, 0.15) is 12.4 Å². The maximum atomic E-state index is 6.21. The standard InChI is InChI=1S/C31H26ClN3OS/c1-21-12-15-25(18-22(21)2)29-30(24-8-4-3-5-9-24)37-31(34-29)35-33-19-23-13-16-27(17-14-23)36-20-26-10-6-7-11-28(26)32/h3-19H,20H2,1-2H3,(H,34,35)/b33-19-. The van der Waals surface area contributed by atoms with Crippen LogP contribution in [0.4, 0.5) is 5.13 Å². The second-order valence-corrected chi connectivity index (χ2v) is 10.1. The Hall–Kier alpha value is -3.93. The number of hydrogen-bond acceptors (Lipinski definition) is 5. The summed E-state index contributed by atoms with van der Waals surface area (Å²) in [5.74, 6) is 0.774. The molecule has 5 rings (SSSR count). The molecule has 0 aliphatic carbocycles. The number of rotatable bonds is 8. The van der Waals surface area contributed by atoms with E-state index in [0.29, 0.717) is 11.6 Å². The van der Waals surface area contributed by atoms with Gasteiger partial charge in [0.2, 0.25) is 5.13 Å². The Morgan fingerprint density at radius 2 is 1.62 bits per heavy atom. The molecule has 1 aromatic heterocycles. The number of thiazole rings is 1. The van der Waals surface area contributed by atoms with Gasteiger partial charge in [-0.05, 0) is 72.5 Å². The van der Waals surface area contributed by atoms with Crippen LogP contribution >= 0.6 is 22.9 Å². The molecule has 4 nitrogen and oxygen atoms in total. The van der Waals surface area contributed by atoms with Crippen molar-refractivity contribution < 1.29 is 4.74 Å². The van der Waals surface area contributed by atoms with Crippen molar-refractivity contribution >= 4 is 34.3 Å². The Labute approximate surface area is 226 Å². The number of aromatic nitrogens is 1. The third-order valence-corrected chi connectivity index (χ3v) is 7.43. The van der Waals surface area contributed by atoms with Crippen LogP contribution in [0.5, 0.6) is 5.75 Å². The van der Waals surface area contributed by atoms with Crippen molar-refractivity contribution in [1.29, 1.82) is 0 Å². The lowest BCUT2D eigenvalue weighted by atomic mass is 10.0. The molecule has 4 aromatic carbocycles. The van der Waals surface area contributed by atoms with Gasteiger partial charge in [-0.25, -0.2) is 4.98 Å². The quantitative estimate of drug-likeness (QED) is 0.163. The van der Waals surface area contributed by atoms with Crippen molar-refractivity contribution in [3.05, 3.63) is 124 Å². The van der Waals surface area contributed by atoms with E-state index in [4.69, 9.17) is 21.3 Å². The summed E-state index contributed by atoms with van der Waals surface area (Å²) in [6.45, 7) is 4.67. The van der Waals surface area contributed by atoms with Gasteiger partial charge in [-0.1, -0.05) is 83.6 Å². The van der Waals surface area contributed by atoms with Crippen LogP contribution in [0.25, 0.3) is 21.7 Å². The molecule has 6 heteroatoms. The van der Waals surface area contributed by atoms with Crippen LogP contribution in [0.1, 0.15) is 22.3 Å². The number of hydrazone groups is 1. The zero-order chi connectivity index (χ0) is 25.6. The van der Waals surface area contributed by atoms with E-state index < -0.39 is 0 Å². The van der Waals surface area contributed by atoms with Crippen LogP contribution in [0.15, 0.2) is 102 Å². The van der Waals surface area contributed by atoms with Crippen molar-refractivity contribution in [2.45, 2.75) is 20.5 Å².